The minimum absolute atomic E-state index is 0.0646. The van der Waals surface area contributed by atoms with Crippen molar-refractivity contribution in [3.05, 3.63) is 63.7 Å². The molecule has 0 spiro atoms. The van der Waals surface area contributed by atoms with Crippen LogP contribution in [0.25, 0.3) is 16.6 Å². The van der Waals surface area contributed by atoms with Crippen LogP contribution < -0.4 is 10.3 Å². The predicted molar refractivity (Wildman–Crippen MR) is 99.0 cm³/mol. The molecule has 3 aromatic rings. The lowest BCUT2D eigenvalue weighted by molar-refractivity contribution is 0.267. The molecule has 0 fully saturated rings. The van der Waals surface area contributed by atoms with Gasteiger partial charge in [-0.25, -0.2) is 18.1 Å². The number of para-hydroxylation sites is 1. The summed E-state index contributed by atoms with van der Waals surface area (Å²) in [7, 11) is -2.51. The normalized spacial score (nSPS) is 11.8. The van der Waals surface area contributed by atoms with E-state index in [4.69, 9.17) is 0 Å². The van der Waals surface area contributed by atoms with Gasteiger partial charge in [0, 0.05) is 0 Å². The van der Waals surface area contributed by atoms with Crippen LogP contribution in [0.15, 0.2) is 46.1 Å². The number of aliphatic hydroxyl groups excluding tert-OH is 1. The molecule has 0 atom stereocenters. The molecule has 0 aliphatic heterocycles. The van der Waals surface area contributed by atoms with Crippen molar-refractivity contribution in [3.8, 4) is 5.69 Å². The van der Waals surface area contributed by atoms with Crippen LogP contribution in [-0.2, 0) is 16.6 Å². The minimum atomic E-state index is -3.81. The van der Waals surface area contributed by atoms with E-state index in [0.717, 1.165) is 15.7 Å². The summed E-state index contributed by atoms with van der Waals surface area (Å²) in [6, 6.07) is 9.75. The van der Waals surface area contributed by atoms with Crippen LogP contribution in [0, 0.1) is 13.8 Å². The van der Waals surface area contributed by atoms with Crippen LogP contribution in [0.5, 0.6) is 0 Å². The third-order valence-corrected chi connectivity index (χ3v) is 5.65. The van der Waals surface area contributed by atoms with Gasteiger partial charge in [-0.2, -0.15) is 0 Å². The zero-order valence-corrected chi connectivity index (χ0v) is 15.5. The molecule has 26 heavy (non-hydrogen) atoms. The number of rotatable bonds is 4. The number of hydrogen-bond acceptors (Lipinski definition) is 5. The van der Waals surface area contributed by atoms with Crippen molar-refractivity contribution in [2.45, 2.75) is 25.3 Å². The Morgan fingerprint density at radius 1 is 1.19 bits per heavy atom. The molecule has 0 amide bonds. The number of aryl methyl sites for hydroxylation is 2. The lowest BCUT2D eigenvalue weighted by Gasteiger charge is -2.16. The zero-order valence-electron chi connectivity index (χ0n) is 14.6. The average molecular weight is 373 g/mol. The highest BCUT2D eigenvalue weighted by Gasteiger charge is 2.21. The van der Waals surface area contributed by atoms with Crippen LogP contribution in [0.3, 0.4) is 0 Å². The van der Waals surface area contributed by atoms with E-state index in [-0.39, 0.29) is 16.4 Å². The first-order chi connectivity index (χ1) is 12.3. The molecule has 0 unspecified atom stereocenters. The molecular formula is C18H19N3O4S. The second kappa shape index (κ2) is 6.64. The molecule has 7 nitrogen and oxygen atoms in total. The number of nitrogens with one attached hydrogen (secondary N) is 1. The molecular weight excluding hydrogens is 354 g/mol. The quantitative estimate of drug-likeness (QED) is 0.720. The summed E-state index contributed by atoms with van der Waals surface area (Å²) in [6.07, 6.45) is 0. The van der Waals surface area contributed by atoms with Crippen molar-refractivity contribution in [3.63, 3.8) is 0 Å². The van der Waals surface area contributed by atoms with Gasteiger partial charge in [0.15, 0.2) is 0 Å². The molecule has 136 valence electrons. The molecule has 3 rings (SSSR count). The first-order valence-corrected chi connectivity index (χ1v) is 9.45. The second-order valence-corrected chi connectivity index (χ2v) is 7.83. The summed E-state index contributed by atoms with van der Waals surface area (Å²) >= 11 is 0. The van der Waals surface area contributed by atoms with E-state index >= 15 is 0 Å². The maximum absolute atomic E-state index is 13.2. The van der Waals surface area contributed by atoms with Gasteiger partial charge in [-0.15, -0.1) is 0 Å². The van der Waals surface area contributed by atoms with Gasteiger partial charge < -0.3 is 5.11 Å². The smallest absolute Gasteiger partial charge is 0.266 e. The standard InChI is InChI=1S/C18H19N3O4S/c1-11-8-12(2)17-13(9-11)20-16(10-22)21(18(17)23)14-6-4-5-7-15(14)26(24,25)19-3/h4-9,19,22H,10H2,1-3H3. The third kappa shape index (κ3) is 2.92. The van der Waals surface area contributed by atoms with E-state index in [1.54, 1.807) is 25.1 Å². The molecule has 0 saturated carbocycles. The Balaban J connectivity index is 2.48. The molecule has 0 aliphatic rings. The Hall–Kier alpha value is -2.55. The Morgan fingerprint density at radius 3 is 2.54 bits per heavy atom. The largest absolute Gasteiger partial charge is 0.388 e. The van der Waals surface area contributed by atoms with E-state index in [2.05, 4.69) is 9.71 Å². The lowest BCUT2D eigenvalue weighted by Crippen LogP contribution is -2.28. The summed E-state index contributed by atoms with van der Waals surface area (Å²) < 4.78 is 28.2. The number of sulfonamides is 1. The number of nitrogens with zero attached hydrogens (tertiary/aromatic N) is 2. The van der Waals surface area contributed by atoms with Crippen molar-refractivity contribution in [1.29, 1.82) is 0 Å². The number of aliphatic hydroxyl groups is 1. The Kier molecular flexibility index (Phi) is 4.66. The molecule has 1 aromatic heterocycles. The van der Waals surface area contributed by atoms with Gasteiger partial charge in [0.2, 0.25) is 10.0 Å². The number of aromatic nitrogens is 2. The molecule has 0 saturated heterocycles. The zero-order chi connectivity index (χ0) is 19.1. The monoisotopic (exact) mass is 373 g/mol. The minimum Gasteiger partial charge on any atom is -0.388 e. The maximum Gasteiger partial charge on any atom is 0.266 e. The fraction of sp³-hybridized carbons (Fsp3) is 0.222. The van der Waals surface area contributed by atoms with E-state index in [1.807, 2.05) is 13.0 Å². The van der Waals surface area contributed by atoms with Crippen LogP contribution in [-0.4, -0.2) is 30.1 Å². The number of hydrogen-bond donors (Lipinski definition) is 2. The van der Waals surface area contributed by atoms with E-state index in [1.165, 1.54) is 19.2 Å². The molecule has 0 radical (unpaired) electrons. The summed E-state index contributed by atoms with van der Waals surface area (Å²) in [4.78, 5) is 17.5. The predicted octanol–water partition coefficient (Wildman–Crippen LogP) is 1.40. The van der Waals surface area contributed by atoms with Gasteiger partial charge in [0.05, 0.1) is 16.6 Å². The third-order valence-electron chi connectivity index (χ3n) is 4.19. The first-order valence-electron chi connectivity index (χ1n) is 7.97. The van der Waals surface area contributed by atoms with Crippen LogP contribution in [0.1, 0.15) is 17.0 Å². The van der Waals surface area contributed by atoms with Crippen LogP contribution >= 0.6 is 0 Å². The number of fused-ring (bicyclic) bond motifs is 1. The fourth-order valence-corrected chi connectivity index (χ4v) is 3.98. The van der Waals surface area contributed by atoms with Gasteiger partial charge in [0.25, 0.3) is 5.56 Å². The van der Waals surface area contributed by atoms with Gasteiger partial charge >= 0.3 is 0 Å². The van der Waals surface area contributed by atoms with Crippen molar-refractivity contribution >= 4 is 20.9 Å². The Labute approximate surface area is 151 Å². The van der Waals surface area contributed by atoms with Gasteiger partial charge in [-0.05, 0) is 50.2 Å². The topological polar surface area (TPSA) is 101 Å². The van der Waals surface area contributed by atoms with Crippen LogP contribution in [0.2, 0.25) is 0 Å². The second-order valence-electron chi connectivity index (χ2n) is 5.98. The lowest BCUT2D eigenvalue weighted by atomic mass is 10.1. The SMILES string of the molecule is CNS(=O)(=O)c1ccccc1-n1c(CO)nc2cc(C)cc(C)c2c1=O. The Morgan fingerprint density at radius 2 is 1.88 bits per heavy atom. The van der Waals surface area contributed by atoms with E-state index in [0.29, 0.717) is 10.9 Å². The molecule has 1 heterocycles. The van der Waals surface area contributed by atoms with Crippen molar-refractivity contribution in [2.75, 3.05) is 7.05 Å². The average Bonchev–Trinajstić information content (AvgIpc) is 2.60. The summed E-state index contributed by atoms with van der Waals surface area (Å²) in [5.74, 6) is 0.0752. The molecule has 2 aromatic carbocycles. The summed E-state index contributed by atoms with van der Waals surface area (Å²) in [5, 5.41) is 10.2. The highest BCUT2D eigenvalue weighted by molar-refractivity contribution is 7.89. The van der Waals surface area contributed by atoms with E-state index < -0.39 is 22.2 Å². The van der Waals surface area contributed by atoms with Gasteiger partial charge in [0.1, 0.15) is 17.3 Å². The van der Waals surface area contributed by atoms with E-state index in [9.17, 15) is 18.3 Å². The first kappa shape index (κ1) is 18.2. The highest BCUT2D eigenvalue weighted by Crippen LogP contribution is 2.22. The highest BCUT2D eigenvalue weighted by atomic mass is 32.2. The summed E-state index contributed by atoms with van der Waals surface area (Å²) in [5.41, 5.74) is 1.88. The Bertz CT molecular complexity index is 1170. The van der Waals surface area contributed by atoms with Gasteiger partial charge in [-0.3, -0.25) is 9.36 Å². The van der Waals surface area contributed by atoms with Crippen molar-refractivity contribution < 1.29 is 13.5 Å². The molecule has 2 N–H and O–H groups in total. The molecule has 0 aliphatic carbocycles. The molecule has 8 heteroatoms. The molecule has 0 bridgehead atoms. The maximum atomic E-state index is 13.2. The summed E-state index contributed by atoms with van der Waals surface area (Å²) in [6.45, 7) is 3.19. The number of benzene rings is 2. The van der Waals surface area contributed by atoms with Gasteiger partial charge in [-0.1, -0.05) is 18.2 Å². The van der Waals surface area contributed by atoms with Crippen LogP contribution in [0.4, 0.5) is 0 Å². The van der Waals surface area contributed by atoms with Crippen molar-refractivity contribution in [1.82, 2.24) is 14.3 Å². The van der Waals surface area contributed by atoms with Crippen molar-refractivity contribution in [2.24, 2.45) is 0 Å². The fourth-order valence-electron chi connectivity index (χ4n) is 3.06.